The Morgan fingerprint density at radius 3 is 2.76 bits per heavy atom. The molecule has 1 aliphatic rings. The van der Waals surface area contributed by atoms with E-state index in [2.05, 4.69) is 9.71 Å². The van der Waals surface area contributed by atoms with Gasteiger partial charge in [0.25, 0.3) is 0 Å². The van der Waals surface area contributed by atoms with Crippen LogP contribution < -0.4 is 4.72 Å². The number of benzene rings is 1. The third-order valence-corrected chi connectivity index (χ3v) is 4.61. The van der Waals surface area contributed by atoms with Crippen LogP contribution in [0.1, 0.15) is 23.2 Å². The predicted molar refractivity (Wildman–Crippen MR) is 85.9 cm³/mol. The molecule has 0 saturated heterocycles. The van der Waals surface area contributed by atoms with Crippen molar-refractivity contribution in [1.29, 1.82) is 0 Å². The molecule has 0 unspecified atom stereocenters. The van der Waals surface area contributed by atoms with Crippen molar-refractivity contribution in [3.05, 3.63) is 47.2 Å². The summed E-state index contributed by atoms with van der Waals surface area (Å²) in [6.07, 6.45) is 6.03. The number of halogens is 1. The largest absolute Gasteiger partial charge is 0.478 e. The standard InChI is InChI=1S/C15H13ClN2O2S/c16-14-6-9(1-4-13(14)15(19)20)10-5-11(8-17-7-10)18-21-12-2-3-12/h1,4-8,12,18H,2-3H2,(H,19,20). The number of aromatic nitrogens is 1. The van der Waals surface area contributed by atoms with Gasteiger partial charge in [0.1, 0.15) is 0 Å². The Labute approximate surface area is 131 Å². The molecular formula is C15H13ClN2O2S. The summed E-state index contributed by atoms with van der Waals surface area (Å²) in [6.45, 7) is 0. The molecule has 0 atom stereocenters. The number of carboxylic acid groups (broad SMARTS) is 1. The number of carboxylic acids is 1. The quantitative estimate of drug-likeness (QED) is 0.803. The monoisotopic (exact) mass is 320 g/mol. The minimum Gasteiger partial charge on any atom is -0.478 e. The molecule has 21 heavy (non-hydrogen) atoms. The highest BCUT2D eigenvalue weighted by Gasteiger charge is 2.22. The Hall–Kier alpha value is -1.72. The third-order valence-electron chi connectivity index (χ3n) is 3.14. The number of pyridine rings is 1. The van der Waals surface area contributed by atoms with Crippen molar-refractivity contribution < 1.29 is 9.90 Å². The van der Waals surface area contributed by atoms with Crippen molar-refractivity contribution in [3.8, 4) is 11.1 Å². The molecule has 108 valence electrons. The molecule has 1 saturated carbocycles. The van der Waals surface area contributed by atoms with Crippen molar-refractivity contribution in [2.75, 3.05) is 4.72 Å². The van der Waals surface area contributed by atoms with Crippen LogP contribution in [0.25, 0.3) is 11.1 Å². The molecule has 1 aliphatic carbocycles. The van der Waals surface area contributed by atoms with Gasteiger partial charge in [-0.1, -0.05) is 17.7 Å². The molecule has 0 radical (unpaired) electrons. The van der Waals surface area contributed by atoms with E-state index in [1.54, 1.807) is 36.5 Å². The Morgan fingerprint density at radius 1 is 1.29 bits per heavy atom. The number of hydrogen-bond donors (Lipinski definition) is 2. The first kappa shape index (κ1) is 14.2. The number of nitrogens with zero attached hydrogens (tertiary/aromatic N) is 1. The first-order chi connectivity index (χ1) is 10.1. The second-order valence-electron chi connectivity index (χ2n) is 4.88. The summed E-state index contributed by atoms with van der Waals surface area (Å²) in [5, 5.41) is 9.92. The first-order valence-electron chi connectivity index (χ1n) is 6.53. The van der Waals surface area contributed by atoms with Crippen LogP contribution in [-0.4, -0.2) is 21.3 Å². The third kappa shape index (κ3) is 3.49. The van der Waals surface area contributed by atoms with Gasteiger partial charge in [0.05, 0.1) is 22.5 Å². The molecule has 2 aromatic rings. The van der Waals surface area contributed by atoms with E-state index < -0.39 is 5.97 Å². The van der Waals surface area contributed by atoms with Crippen molar-refractivity contribution in [2.24, 2.45) is 0 Å². The molecule has 1 aromatic carbocycles. The summed E-state index contributed by atoms with van der Waals surface area (Å²) >= 11 is 7.72. The minimum absolute atomic E-state index is 0.104. The fourth-order valence-corrected chi connectivity index (χ4v) is 2.91. The van der Waals surface area contributed by atoms with Gasteiger partial charge in [-0.3, -0.25) is 4.98 Å². The smallest absolute Gasteiger partial charge is 0.337 e. The topological polar surface area (TPSA) is 62.2 Å². The van der Waals surface area contributed by atoms with Crippen LogP contribution >= 0.6 is 23.5 Å². The number of carbonyl (C=O) groups is 1. The summed E-state index contributed by atoms with van der Waals surface area (Å²) in [7, 11) is 0. The van der Waals surface area contributed by atoms with Gasteiger partial charge in [0, 0.05) is 17.0 Å². The van der Waals surface area contributed by atoms with Gasteiger partial charge in [0.15, 0.2) is 0 Å². The van der Waals surface area contributed by atoms with Crippen LogP contribution in [0.3, 0.4) is 0 Å². The number of hydrogen-bond acceptors (Lipinski definition) is 4. The highest BCUT2D eigenvalue weighted by Crippen LogP contribution is 2.35. The first-order valence-corrected chi connectivity index (χ1v) is 7.79. The Balaban J connectivity index is 1.83. The number of rotatable bonds is 5. The SMILES string of the molecule is O=C(O)c1ccc(-c2cncc(NSC3CC3)c2)cc1Cl. The zero-order valence-corrected chi connectivity index (χ0v) is 12.6. The van der Waals surface area contributed by atoms with E-state index in [-0.39, 0.29) is 10.6 Å². The lowest BCUT2D eigenvalue weighted by atomic mass is 10.1. The van der Waals surface area contributed by atoms with Crippen LogP contribution in [0.4, 0.5) is 5.69 Å². The van der Waals surface area contributed by atoms with Gasteiger partial charge >= 0.3 is 5.97 Å². The van der Waals surface area contributed by atoms with Crippen molar-refractivity contribution in [2.45, 2.75) is 18.1 Å². The van der Waals surface area contributed by atoms with E-state index in [4.69, 9.17) is 16.7 Å². The molecule has 0 amide bonds. The van der Waals surface area contributed by atoms with Crippen LogP contribution in [0.5, 0.6) is 0 Å². The lowest BCUT2D eigenvalue weighted by Crippen LogP contribution is -1.97. The number of aromatic carboxylic acids is 1. The lowest BCUT2D eigenvalue weighted by molar-refractivity contribution is 0.0697. The zero-order valence-electron chi connectivity index (χ0n) is 11.0. The maximum Gasteiger partial charge on any atom is 0.337 e. The molecule has 6 heteroatoms. The maximum atomic E-state index is 11.0. The molecule has 3 rings (SSSR count). The average Bonchev–Trinajstić information content (AvgIpc) is 3.29. The Bertz CT molecular complexity index is 689. The van der Waals surface area contributed by atoms with E-state index in [0.29, 0.717) is 5.25 Å². The second-order valence-corrected chi connectivity index (χ2v) is 6.40. The molecule has 0 spiro atoms. The summed E-state index contributed by atoms with van der Waals surface area (Å²) in [4.78, 5) is 15.2. The fourth-order valence-electron chi connectivity index (χ4n) is 1.86. The zero-order chi connectivity index (χ0) is 14.8. The van der Waals surface area contributed by atoms with Crippen LogP contribution in [0.2, 0.25) is 5.02 Å². The van der Waals surface area contributed by atoms with Crippen LogP contribution in [0.15, 0.2) is 36.7 Å². The van der Waals surface area contributed by atoms with Crippen molar-refractivity contribution in [3.63, 3.8) is 0 Å². The van der Waals surface area contributed by atoms with Gasteiger partial charge in [-0.05, 0) is 48.6 Å². The van der Waals surface area contributed by atoms with E-state index in [0.717, 1.165) is 16.8 Å². The van der Waals surface area contributed by atoms with Gasteiger partial charge in [-0.15, -0.1) is 0 Å². The van der Waals surface area contributed by atoms with E-state index >= 15 is 0 Å². The molecule has 0 aliphatic heterocycles. The molecule has 1 heterocycles. The maximum absolute atomic E-state index is 11.0. The minimum atomic E-state index is -1.03. The lowest BCUT2D eigenvalue weighted by Gasteiger charge is -2.08. The van der Waals surface area contributed by atoms with E-state index in [1.165, 1.54) is 18.9 Å². The normalized spacial score (nSPS) is 14.0. The summed E-state index contributed by atoms with van der Waals surface area (Å²) in [5.41, 5.74) is 2.78. The second kappa shape index (κ2) is 5.95. The van der Waals surface area contributed by atoms with Gasteiger partial charge in [-0.2, -0.15) is 0 Å². The molecule has 4 nitrogen and oxygen atoms in total. The summed E-state index contributed by atoms with van der Waals surface area (Å²) < 4.78 is 3.29. The summed E-state index contributed by atoms with van der Waals surface area (Å²) in [5.74, 6) is -1.03. The highest BCUT2D eigenvalue weighted by atomic mass is 35.5. The fraction of sp³-hybridized carbons (Fsp3) is 0.200. The molecule has 0 bridgehead atoms. The molecule has 1 fully saturated rings. The van der Waals surface area contributed by atoms with Crippen molar-refractivity contribution in [1.82, 2.24) is 4.98 Å². The van der Waals surface area contributed by atoms with Gasteiger partial charge < -0.3 is 9.83 Å². The Kier molecular flexibility index (Phi) is 4.03. The molecule has 2 N–H and O–H groups in total. The average molecular weight is 321 g/mol. The highest BCUT2D eigenvalue weighted by molar-refractivity contribution is 8.01. The predicted octanol–water partition coefficient (Wildman–Crippen LogP) is 4.32. The van der Waals surface area contributed by atoms with E-state index in [9.17, 15) is 4.79 Å². The van der Waals surface area contributed by atoms with Crippen LogP contribution in [0, 0.1) is 0 Å². The van der Waals surface area contributed by atoms with Gasteiger partial charge in [0.2, 0.25) is 0 Å². The van der Waals surface area contributed by atoms with Crippen molar-refractivity contribution >= 4 is 35.2 Å². The molecule has 1 aromatic heterocycles. The molecular weight excluding hydrogens is 308 g/mol. The summed E-state index contributed by atoms with van der Waals surface area (Å²) in [6, 6.07) is 6.89. The Morgan fingerprint density at radius 2 is 2.10 bits per heavy atom. The number of nitrogens with one attached hydrogen (secondary N) is 1. The van der Waals surface area contributed by atoms with Crippen LogP contribution in [-0.2, 0) is 0 Å². The van der Waals surface area contributed by atoms with Gasteiger partial charge in [-0.25, -0.2) is 4.79 Å². The van der Waals surface area contributed by atoms with E-state index in [1.807, 2.05) is 6.07 Å². The number of anilines is 1.